The average Bonchev–Trinajstić information content (AvgIpc) is 3.38. The molecule has 7 nitrogen and oxygen atoms in total. The van der Waals surface area contributed by atoms with Gasteiger partial charge in [-0.05, 0) is 42.0 Å². The molecule has 32 heavy (non-hydrogen) atoms. The Morgan fingerprint density at radius 2 is 1.84 bits per heavy atom. The van der Waals surface area contributed by atoms with Crippen molar-refractivity contribution in [2.45, 2.75) is 12.7 Å². The van der Waals surface area contributed by atoms with Gasteiger partial charge in [0.15, 0.2) is 0 Å². The number of fused-ring (bicyclic) bond motifs is 2. The fourth-order valence-electron chi connectivity index (χ4n) is 3.52. The van der Waals surface area contributed by atoms with Crippen molar-refractivity contribution in [1.82, 2.24) is 24.5 Å². The number of nitrogens with zero attached hydrogens (tertiary/aromatic N) is 4. The standard InChI is InChI=1S/C22H15F3N6O/c23-22(24,25)16-7-15-9-18(21(32)30-17-8-14-3-6-27-19(14)28-11-17)31(20(15)29-10-16)12-13-1-4-26-5-2-13/h1-11H,12H2,(H,27,28)(H,30,32). The van der Waals surface area contributed by atoms with E-state index in [-0.39, 0.29) is 23.3 Å². The number of pyridine rings is 3. The van der Waals surface area contributed by atoms with E-state index in [4.69, 9.17) is 0 Å². The lowest BCUT2D eigenvalue weighted by atomic mass is 10.2. The van der Waals surface area contributed by atoms with Crippen molar-refractivity contribution in [3.8, 4) is 0 Å². The van der Waals surface area contributed by atoms with E-state index in [1.165, 1.54) is 12.3 Å². The van der Waals surface area contributed by atoms with Crippen molar-refractivity contribution in [2.75, 3.05) is 5.32 Å². The second-order valence-corrected chi connectivity index (χ2v) is 7.20. The number of hydrogen-bond acceptors (Lipinski definition) is 4. The number of hydrogen-bond donors (Lipinski definition) is 2. The summed E-state index contributed by atoms with van der Waals surface area (Å²) in [5.41, 5.74) is 1.55. The van der Waals surface area contributed by atoms with E-state index in [9.17, 15) is 18.0 Å². The van der Waals surface area contributed by atoms with Gasteiger partial charge in [0.25, 0.3) is 5.91 Å². The number of aromatic nitrogens is 5. The molecule has 0 saturated carbocycles. The number of carbonyl (C=O) groups is 1. The molecule has 160 valence electrons. The Bertz CT molecular complexity index is 1440. The zero-order valence-electron chi connectivity index (χ0n) is 16.4. The van der Waals surface area contributed by atoms with Crippen molar-refractivity contribution in [3.63, 3.8) is 0 Å². The van der Waals surface area contributed by atoms with Crippen LogP contribution in [0.15, 0.2) is 67.4 Å². The van der Waals surface area contributed by atoms with Gasteiger partial charge in [-0.25, -0.2) is 9.97 Å². The molecule has 5 heterocycles. The van der Waals surface area contributed by atoms with E-state index in [2.05, 4.69) is 25.3 Å². The summed E-state index contributed by atoms with van der Waals surface area (Å²) in [5, 5.41) is 3.81. The van der Waals surface area contributed by atoms with Crippen molar-refractivity contribution in [2.24, 2.45) is 0 Å². The minimum atomic E-state index is -4.53. The van der Waals surface area contributed by atoms with Gasteiger partial charge in [-0.1, -0.05) is 0 Å². The Balaban J connectivity index is 1.57. The maximum absolute atomic E-state index is 13.2. The second kappa shape index (κ2) is 7.49. The van der Waals surface area contributed by atoms with Crippen LogP contribution in [0.4, 0.5) is 18.9 Å². The molecule has 10 heteroatoms. The normalized spacial score (nSPS) is 11.8. The largest absolute Gasteiger partial charge is 0.417 e. The molecule has 0 fully saturated rings. The summed E-state index contributed by atoms with van der Waals surface area (Å²) in [6.07, 6.45) is 2.69. The highest BCUT2D eigenvalue weighted by Crippen LogP contribution is 2.31. The molecule has 1 amide bonds. The number of nitrogens with one attached hydrogen (secondary N) is 2. The minimum Gasteiger partial charge on any atom is -0.346 e. The molecule has 0 aromatic carbocycles. The topological polar surface area (TPSA) is 88.5 Å². The number of alkyl halides is 3. The summed E-state index contributed by atoms with van der Waals surface area (Å²) in [6, 6.07) is 9.52. The number of anilines is 1. The van der Waals surface area contributed by atoms with Gasteiger partial charge in [-0.15, -0.1) is 0 Å². The molecule has 0 aliphatic heterocycles. The van der Waals surface area contributed by atoms with Gasteiger partial charge in [0.2, 0.25) is 0 Å². The Kier molecular flexibility index (Phi) is 4.62. The predicted molar refractivity (Wildman–Crippen MR) is 112 cm³/mol. The molecular formula is C22H15F3N6O. The molecule has 0 atom stereocenters. The second-order valence-electron chi connectivity index (χ2n) is 7.20. The Labute approximate surface area is 178 Å². The lowest BCUT2D eigenvalue weighted by Gasteiger charge is -2.11. The number of amides is 1. The third-order valence-corrected chi connectivity index (χ3v) is 5.04. The van der Waals surface area contributed by atoms with Gasteiger partial charge < -0.3 is 14.9 Å². The smallest absolute Gasteiger partial charge is 0.346 e. The van der Waals surface area contributed by atoms with Crippen molar-refractivity contribution in [3.05, 3.63) is 84.2 Å². The molecule has 0 saturated heterocycles. The maximum Gasteiger partial charge on any atom is 0.417 e. The summed E-state index contributed by atoms with van der Waals surface area (Å²) in [5.74, 6) is -0.484. The first-order chi connectivity index (χ1) is 15.4. The number of rotatable bonds is 4. The molecule has 0 aliphatic carbocycles. The van der Waals surface area contributed by atoms with E-state index in [1.807, 2.05) is 6.07 Å². The molecular weight excluding hydrogens is 421 g/mol. The van der Waals surface area contributed by atoms with Crippen LogP contribution in [-0.4, -0.2) is 30.4 Å². The molecule has 2 N–H and O–H groups in total. The number of H-pyrrole nitrogens is 1. The van der Waals surface area contributed by atoms with Crippen LogP contribution in [0.1, 0.15) is 21.6 Å². The Morgan fingerprint density at radius 3 is 2.62 bits per heavy atom. The lowest BCUT2D eigenvalue weighted by molar-refractivity contribution is -0.137. The highest BCUT2D eigenvalue weighted by Gasteiger charge is 2.32. The van der Waals surface area contributed by atoms with Crippen LogP contribution in [0.25, 0.3) is 22.1 Å². The van der Waals surface area contributed by atoms with Crippen LogP contribution >= 0.6 is 0 Å². The van der Waals surface area contributed by atoms with Crippen molar-refractivity contribution < 1.29 is 18.0 Å². The molecule has 0 aliphatic rings. The minimum absolute atomic E-state index is 0.179. The van der Waals surface area contributed by atoms with Crippen LogP contribution in [0.3, 0.4) is 0 Å². The van der Waals surface area contributed by atoms with E-state index in [0.717, 1.165) is 23.2 Å². The third kappa shape index (κ3) is 3.66. The van der Waals surface area contributed by atoms with Crippen LogP contribution in [-0.2, 0) is 12.7 Å². The van der Waals surface area contributed by atoms with Gasteiger partial charge >= 0.3 is 6.18 Å². The van der Waals surface area contributed by atoms with Crippen LogP contribution in [0.5, 0.6) is 0 Å². The SMILES string of the molecule is O=C(Nc1cnc2[nH]ccc2c1)c1cc2cc(C(F)(F)F)cnc2n1Cc1ccncc1. The first-order valence-corrected chi connectivity index (χ1v) is 9.58. The van der Waals surface area contributed by atoms with Gasteiger partial charge in [-0.3, -0.25) is 9.78 Å². The molecule has 0 unspecified atom stereocenters. The average molecular weight is 436 g/mol. The fraction of sp³-hybridized carbons (Fsp3) is 0.0909. The van der Waals surface area contributed by atoms with Crippen LogP contribution in [0.2, 0.25) is 0 Å². The Hall–Kier alpha value is -4.21. The Morgan fingerprint density at radius 1 is 1.03 bits per heavy atom. The fourth-order valence-corrected chi connectivity index (χ4v) is 3.52. The van der Waals surface area contributed by atoms with Gasteiger partial charge in [0.05, 0.1) is 17.4 Å². The van der Waals surface area contributed by atoms with E-state index in [0.29, 0.717) is 11.3 Å². The monoisotopic (exact) mass is 436 g/mol. The molecule has 0 spiro atoms. The van der Waals surface area contributed by atoms with Gasteiger partial charge in [0, 0.05) is 42.1 Å². The highest BCUT2D eigenvalue weighted by atomic mass is 19.4. The van der Waals surface area contributed by atoms with Crippen molar-refractivity contribution >= 4 is 33.7 Å². The first-order valence-electron chi connectivity index (χ1n) is 9.58. The summed E-state index contributed by atoms with van der Waals surface area (Å²) in [7, 11) is 0. The van der Waals surface area contributed by atoms with Crippen LogP contribution < -0.4 is 5.32 Å². The molecule has 0 radical (unpaired) electrons. The number of halogens is 3. The van der Waals surface area contributed by atoms with E-state index < -0.39 is 17.6 Å². The third-order valence-electron chi connectivity index (χ3n) is 5.04. The maximum atomic E-state index is 13.2. The van der Waals surface area contributed by atoms with Crippen LogP contribution in [0, 0.1) is 0 Å². The molecule has 5 aromatic heterocycles. The van der Waals surface area contributed by atoms with Gasteiger partial charge in [0.1, 0.15) is 17.0 Å². The summed E-state index contributed by atoms with van der Waals surface area (Å²) >= 11 is 0. The van der Waals surface area contributed by atoms with E-state index in [1.54, 1.807) is 41.4 Å². The molecule has 5 rings (SSSR count). The zero-order valence-corrected chi connectivity index (χ0v) is 16.4. The quantitative estimate of drug-likeness (QED) is 0.430. The first kappa shape index (κ1) is 19.7. The number of carbonyl (C=O) groups excluding carboxylic acids is 1. The van der Waals surface area contributed by atoms with Gasteiger partial charge in [-0.2, -0.15) is 13.2 Å². The lowest BCUT2D eigenvalue weighted by Crippen LogP contribution is -2.18. The van der Waals surface area contributed by atoms with E-state index >= 15 is 0 Å². The summed E-state index contributed by atoms with van der Waals surface area (Å²) < 4.78 is 41.1. The van der Waals surface area contributed by atoms with Crippen molar-refractivity contribution in [1.29, 1.82) is 0 Å². The molecule has 0 bridgehead atoms. The summed E-state index contributed by atoms with van der Waals surface area (Å²) in [6.45, 7) is 0.238. The predicted octanol–water partition coefficient (Wildman–Crippen LogP) is 4.63. The molecule has 5 aromatic rings. The zero-order chi connectivity index (χ0) is 22.3. The number of aromatic amines is 1. The summed E-state index contributed by atoms with van der Waals surface area (Å²) in [4.78, 5) is 28.3. The highest BCUT2D eigenvalue weighted by molar-refractivity contribution is 6.06.